The molecule has 1 aromatic rings. The Morgan fingerprint density at radius 3 is 2.15 bits per heavy atom. The Balaban J connectivity index is 3.36. The minimum Gasteiger partial charge on any atom is -0.480 e. The summed E-state index contributed by atoms with van der Waals surface area (Å²) < 4.78 is 10.1. The summed E-state index contributed by atoms with van der Waals surface area (Å²) in [7, 11) is 0. The number of benzene rings is 1. The molecule has 0 saturated heterocycles. The number of hydrogen-bond donors (Lipinski definition) is 1. The fourth-order valence-electron chi connectivity index (χ4n) is 2.68. The van der Waals surface area contributed by atoms with Crippen LogP contribution in [0.3, 0.4) is 0 Å². The molecule has 0 spiro atoms. The highest BCUT2D eigenvalue weighted by molar-refractivity contribution is 6.01. The van der Waals surface area contributed by atoms with Crippen LogP contribution in [-0.4, -0.2) is 36.2 Å². The second-order valence-electron chi connectivity index (χ2n) is 5.80. The van der Waals surface area contributed by atoms with Crippen LogP contribution < -0.4 is 0 Å². The van der Waals surface area contributed by atoms with E-state index in [1.54, 1.807) is 50.3 Å². The van der Waals surface area contributed by atoms with Gasteiger partial charge in [-0.05, 0) is 32.3 Å². The molecule has 142 valence electrons. The van der Waals surface area contributed by atoms with Crippen molar-refractivity contribution in [1.29, 1.82) is 0 Å². The van der Waals surface area contributed by atoms with E-state index in [4.69, 9.17) is 9.47 Å². The first-order valence-corrected chi connectivity index (χ1v) is 8.71. The molecular formula is C20H26O6. The van der Waals surface area contributed by atoms with Gasteiger partial charge >= 0.3 is 17.9 Å². The molecule has 1 N–H and O–H groups in total. The smallest absolute Gasteiger partial charge is 0.333 e. The molecule has 0 bridgehead atoms. The largest absolute Gasteiger partial charge is 0.480 e. The lowest BCUT2D eigenvalue weighted by Crippen LogP contribution is -2.43. The van der Waals surface area contributed by atoms with Crippen molar-refractivity contribution in [3.63, 3.8) is 0 Å². The monoisotopic (exact) mass is 362 g/mol. The summed E-state index contributed by atoms with van der Waals surface area (Å²) >= 11 is 0. The number of hydrogen-bond acceptors (Lipinski definition) is 5. The molecule has 1 rings (SSSR count). The Hall–Kier alpha value is -2.63. The van der Waals surface area contributed by atoms with Crippen molar-refractivity contribution in [2.75, 3.05) is 13.2 Å². The van der Waals surface area contributed by atoms with Gasteiger partial charge in [-0.2, -0.15) is 0 Å². The quantitative estimate of drug-likeness (QED) is 0.391. The molecule has 0 amide bonds. The van der Waals surface area contributed by atoms with Crippen molar-refractivity contribution < 1.29 is 29.0 Å². The van der Waals surface area contributed by atoms with E-state index in [9.17, 15) is 19.5 Å². The second-order valence-corrected chi connectivity index (χ2v) is 5.80. The number of carbonyl (C=O) groups is 3. The molecule has 1 unspecified atom stereocenters. The number of ether oxygens (including phenoxy) is 2. The van der Waals surface area contributed by atoms with Gasteiger partial charge in [-0.3, -0.25) is 9.59 Å². The zero-order valence-corrected chi connectivity index (χ0v) is 15.5. The number of aliphatic carboxylic acids is 1. The number of carboxylic acids is 1. The number of rotatable bonds is 10. The molecule has 0 radical (unpaired) electrons. The predicted molar refractivity (Wildman–Crippen MR) is 96.5 cm³/mol. The molecule has 0 aliphatic carbocycles. The van der Waals surface area contributed by atoms with E-state index in [1.165, 1.54) is 0 Å². The minimum absolute atomic E-state index is 0.0505. The standard InChI is InChI=1S/C20H26O6/c1-4-10-16(17(21)25-5-2)14-20(18(22)23,19(24)26-6-3)13-15-11-8-7-9-12-15/h7-12H,4-6,13-14H2,1-3H3,(H,22,23). The van der Waals surface area contributed by atoms with Gasteiger partial charge in [0.25, 0.3) is 0 Å². The van der Waals surface area contributed by atoms with Crippen LogP contribution in [0.2, 0.25) is 0 Å². The van der Waals surface area contributed by atoms with Crippen molar-refractivity contribution in [3.8, 4) is 0 Å². The van der Waals surface area contributed by atoms with E-state index in [-0.39, 0.29) is 31.6 Å². The van der Waals surface area contributed by atoms with E-state index < -0.39 is 23.3 Å². The van der Waals surface area contributed by atoms with Gasteiger partial charge in [0, 0.05) is 12.0 Å². The molecular weight excluding hydrogens is 336 g/mol. The van der Waals surface area contributed by atoms with E-state index in [2.05, 4.69) is 0 Å². The Labute approximate surface area is 153 Å². The summed E-state index contributed by atoms with van der Waals surface area (Å²) in [5, 5.41) is 9.93. The summed E-state index contributed by atoms with van der Waals surface area (Å²) in [5.41, 5.74) is -1.06. The molecule has 6 nitrogen and oxygen atoms in total. The highest BCUT2D eigenvalue weighted by Gasteiger charge is 2.49. The average Bonchev–Trinajstić information content (AvgIpc) is 2.61. The summed E-state index contributed by atoms with van der Waals surface area (Å²) in [6.07, 6.45) is 1.74. The maximum atomic E-state index is 12.6. The van der Waals surface area contributed by atoms with Crippen LogP contribution in [0.15, 0.2) is 42.0 Å². The Morgan fingerprint density at radius 2 is 1.65 bits per heavy atom. The summed E-state index contributed by atoms with van der Waals surface area (Å²) in [5.74, 6) is -2.80. The van der Waals surface area contributed by atoms with E-state index in [1.807, 2.05) is 6.92 Å². The van der Waals surface area contributed by atoms with Gasteiger partial charge in [0.05, 0.1) is 13.2 Å². The number of allylic oxidation sites excluding steroid dienone is 1. The maximum absolute atomic E-state index is 12.6. The fraction of sp³-hybridized carbons (Fsp3) is 0.450. The Morgan fingerprint density at radius 1 is 1.04 bits per heavy atom. The van der Waals surface area contributed by atoms with Crippen molar-refractivity contribution in [3.05, 3.63) is 47.5 Å². The topological polar surface area (TPSA) is 89.9 Å². The van der Waals surface area contributed by atoms with Crippen LogP contribution >= 0.6 is 0 Å². The van der Waals surface area contributed by atoms with Gasteiger partial charge in [-0.1, -0.05) is 43.3 Å². The lowest BCUT2D eigenvalue weighted by Gasteiger charge is -2.28. The molecule has 1 atom stereocenters. The van der Waals surface area contributed by atoms with Crippen molar-refractivity contribution >= 4 is 17.9 Å². The highest BCUT2D eigenvalue weighted by atomic mass is 16.5. The normalized spacial score (nSPS) is 13.6. The Kier molecular flexibility index (Phi) is 8.55. The molecule has 0 saturated carbocycles. The van der Waals surface area contributed by atoms with Crippen LogP contribution in [0.1, 0.15) is 39.2 Å². The summed E-state index contributed by atoms with van der Waals surface area (Å²) in [4.78, 5) is 37.1. The average molecular weight is 362 g/mol. The lowest BCUT2D eigenvalue weighted by molar-refractivity contribution is -0.168. The molecule has 26 heavy (non-hydrogen) atoms. The number of carbonyl (C=O) groups excluding carboxylic acids is 2. The van der Waals surface area contributed by atoms with Gasteiger partial charge in [0.2, 0.25) is 0 Å². The zero-order valence-electron chi connectivity index (χ0n) is 15.5. The second kappa shape index (κ2) is 10.4. The SMILES string of the molecule is CCC=C(CC(Cc1ccccc1)(C(=O)O)C(=O)OCC)C(=O)OCC. The maximum Gasteiger partial charge on any atom is 0.333 e. The van der Waals surface area contributed by atoms with Gasteiger partial charge in [0.1, 0.15) is 0 Å². The van der Waals surface area contributed by atoms with Crippen LogP contribution in [-0.2, 0) is 30.3 Å². The van der Waals surface area contributed by atoms with Gasteiger partial charge in [-0.25, -0.2) is 4.79 Å². The zero-order chi connectivity index (χ0) is 19.6. The molecule has 0 fully saturated rings. The molecule has 0 heterocycles. The first-order chi connectivity index (χ1) is 12.4. The van der Waals surface area contributed by atoms with E-state index >= 15 is 0 Å². The minimum atomic E-state index is -1.90. The van der Waals surface area contributed by atoms with Crippen molar-refractivity contribution in [1.82, 2.24) is 0 Å². The highest BCUT2D eigenvalue weighted by Crippen LogP contribution is 2.34. The molecule has 0 aromatic heterocycles. The summed E-state index contributed by atoms with van der Waals surface area (Å²) in [6, 6.07) is 8.81. The van der Waals surface area contributed by atoms with Crippen molar-refractivity contribution in [2.24, 2.45) is 5.41 Å². The first kappa shape index (κ1) is 21.4. The first-order valence-electron chi connectivity index (χ1n) is 8.71. The third-order valence-electron chi connectivity index (χ3n) is 3.90. The number of carboxylic acid groups (broad SMARTS) is 1. The molecule has 0 aliphatic rings. The third-order valence-corrected chi connectivity index (χ3v) is 3.90. The number of esters is 2. The lowest BCUT2D eigenvalue weighted by atomic mass is 9.76. The van der Waals surface area contributed by atoms with Gasteiger partial charge < -0.3 is 14.6 Å². The van der Waals surface area contributed by atoms with Crippen molar-refractivity contribution in [2.45, 2.75) is 40.0 Å². The van der Waals surface area contributed by atoms with E-state index in [0.717, 1.165) is 0 Å². The molecule has 1 aromatic carbocycles. The van der Waals surface area contributed by atoms with Crippen LogP contribution in [0.25, 0.3) is 0 Å². The van der Waals surface area contributed by atoms with E-state index in [0.29, 0.717) is 12.0 Å². The summed E-state index contributed by atoms with van der Waals surface area (Å²) in [6.45, 7) is 5.32. The Bertz CT molecular complexity index is 650. The molecule has 0 aliphatic heterocycles. The van der Waals surface area contributed by atoms with Crippen LogP contribution in [0.4, 0.5) is 0 Å². The van der Waals surface area contributed by atoms with Gasteiger partial charge in [-0.15, -0.1) is 0 Å². The predicted octanol–water partition coefficient (Wildman–Crippen LogP) is 3.15. The van der Waals surface area contributed by atoms with Gasteiger partial charge in [0.15, 0.2) is 5.41 Å². The molecule has 6 heteroatoms. The third kappa shape index (κ3) is 5.44. The fourth-order valence-corrected chi connectivity index (χ4v) is 2.68. The van der Waals surface area contributed by atoms with Crippen LogP contribution in [0.5, 0.6) is 0 Å². The van der Waals surface area contributed by atoms with Crippen LogP contribution in [0, 0.1) is 5.41 Å².